The second kappa shape index (κ2) is 4.29. The number of carbonyl (C=O) groups excluding carboxylic acids is 1. The van der Waals surface area contributed by atoms with Gasteiger partial charge in [0.2, 0.25) is 0 Å². The van der Waals surface area contributed by atoms with Gasteiger partial charge in [-0.2, -0.15) is 13.2 Å². The van der Waals surface area contributed by atoms with Crippen LogP contribution in [-0.4, -0.2) is 10.9 Å². The lowest BCUT2D eigenvalue weighted by Gasteiger charge is -2.11. The van der Waals surface area contributed by atoms with Gasteiger partial charge in [0.1, 0.15) is 12.0 Å². The van der Waals surface area contributed by atoms with E-state index in [1.807, 2.05) is 0 Å². The molecule has 2 aromatic rings. The third kappa shape index (κ3) is 2.13. The molecule has 1 aromatic heterocycles. The molecule has 0 spiro atoms. The summed E-state index contributed by atoms with van der Waals surface area (Å²) in [5, 5.41) is 3.49. The summed E-state index contributed by atoms with van der Waals surface area (Å²) >= 11 is 0. The van der Waals surface area contributed by atoms with Gasteiger partial charge in [0, 0.05) is 5.56 Å². The lowest BCUT2D eigenvalue weighted by molar-refractivity contribution is -0.137. The van der Waals surface area contributed by atoms with E-state index < -0.39 is 17.5 Å². The Morgan fingerprint density at radius 1 is 1.28 bits per heavy atom. The largest absolute Gasteiger partial charge is 0.417 e. The minimum atomic E-state index is -4.51. The number of carbonyl (C=O) groups is 1. The molecule has 0 saturated carbocycles. The number of ketones is 1. The summed E-state index contributed by atoms with van der Waals surface area (Å²) in [5.74, 6) is -0.400. The fraction of sp³-hybridized carbons (Fsp3) is 0.167. The van der Waals surface area contributed by atoms with Crippen molar-refractivity contribution in [2.45, 2.75) is 13.1 Å². The first kappa shape index (κ1) is 12.3. The minimum Gasteiger partial charge on any atom is -0.363 e. The number of Topliss-reactive ketones (excluding diaryl/α,β-unsaturated/α-hetero) is 1. The molecule has 1 aromatic carbocycles. The van der Waals surface area contributed by atoms with Gasteiger partial charge in [0.15, 0.2) is 5.78 Å². The third-order valence-corrected chi connectivity index (χ3v) is 2.44. The molecule has 2 rings (SSSR count). The van der Waals surface area contributed by atoms with Crippen LogP contribution in [0.15, 0.2) is 35.1 Å². The zero-order valence-corrected chi connectivity index (χ0v) is 9.28. The van der Waals surface area contributed by atoms with Gasteiger partial charge in [-0.15, -0.1) is 0 Å². The van der Waals surface area contributed by atoms with Crippen LogP contribution in [0.3, 0.4) is 0 Å². The summed E-state index contributed by atoms with van der Waals surface area (Å²) in [4.78, 5) is 11.3. The summed E-state index contributed by atoms with van der Waals surface area (Å²) in [5.41, 5.74) is -1.06. The van der Waals surface area contributed by atoms with E-state index in [2.05, 4.69) is 9.68 Å². The summed E-state index contributed by atoms with van der Waals surface area (Å²) in [6, 6.07) is 4.92. The van der Waals surface area contributed by atoms with Crippen molar-refractivity contribution in [3.05, 3.63) is 41.7 Å². The van der Waals surface area contributed by atoms with Crippen LogP contribution in [0, 0.1) is 0 Å². The highest BCUT2D eigenvalue weighted by Gasteiger charge is 2.34. The zero-order valence-electron chi connectivity index (χ0n) is 9.28. The van der Waals surface area contributed by atoms with Crippen LogP contribution >= 0.6 is 0 Å². The molecule has 0 N–H and O–H groups in total. The van der Waals surface area contributed by atoms with Crippen LogP contribution in [0.5, 0.6) is 0 Å². The lowest BCUT2D eigenvalue weighted by Crippen LogP contribution is -2.08. The average molecular weight is 255 g/mol. The van der Waals surface area contributed by atoms with E-state index in [1.54, 1.807) is 0 Å². The van der Waals surface area contributed by atoms with E-state index in [0.29, 0.717) is 0 Å². The highest BCUT2D eigenvalue weighted by Crippen LogP contribution is 2.37. The highest BCUT2D eigenvalue weighted by atomic mass is 19.4. The van der Waals surface area contributed by atoms with E-state index >= 15 is 0 Å². The van der Waals surface area contributed by atoms with Gasteiger partial charge in [0.25, 0.3) is 0 Å². The average Bonchev–Trinajstić information content (AvgIpc) is 2.76. The van der Waals surface area contributed by atoms with Gasteiger partial charge in [-0.1, -0.05) is 23.4 Å². The molecule has 3 nitrogen and oxygen atoms in total. The van der Waals surface area contributed by atoms with Crippen molar-refractivity contribution < 1.29 is 22.5 Å². The number of alkyl halides is 3. The molecule has 0 atom stereocenters. The van der Waals surface area contributed by atoms with E-state index in [0.717, 1.165) is 12.3 Å². The van der Waals surface area contributed by atoms with Crippen molar-refractivity contribution in [1.82, 2.24) is 5.16 Å². The summed E-state index contributed by atoms with van der Waals surface area (Å²) < 4.78 is 43.1. The molecule has 0 unspecified atom stereocenters. The zero-order chi connectivity index (χ0) is 13.3. The lowest BCUT2D eigenvalue weighted by atomic mass is 10.0. The molecule has 1 heterocycles. The van der Waals surface area contributed by atoms with Gasteiger partial charge in [-0.05, 0) is 13.0 Å². The van der Waals surface area contributed by atoms with Crippen molar-refractivity contribution in [1.29, 1.82) is 0 Å². The van der Waals surface area contributed by atoms with Crippen molar-refractivity contribution >= 4 is 5.78 Å². The van der Waals surface area contributed by atoms with Crippen molar-refractivity contribution in [2.75, 3.05) is 0 Å². The van der Waals surface area contributed by atoms with Crippen molar-refractivity contribution in [3.8, 4) is 11.3 Å². The maximum Gasteiger partial charge on any atom is 0.417 e. The van der Waals surface area contributed by atoms with E-state index in [4.69, 9.17) is 0 Å². The SMILES string of the molecule is CC(=O)c1conc1-c1ccccc1C(F)(F)F. The molecule has 0 aliphatic carbocycles. The number of hydrogen-bond acceptors (Lipinski definition) is 3. The van der Waals surface area contributed by atoms with Crippen LogP contribution in [0.4, 0.5) is 13.2 Å². The van der Waals surface area contributed by atoms with Gasteiger partial charge >= 0.3 is 6.18 Å². The Labute approximate surface area is 100 Å². The van der Waals surface area contributed by atoms with Gasteiger partial charge < -0.3 is 4.52 Å². The van der Waals surface area contributed by atoms with Crippen LogP contribution in [-0.2, 0) is 6.18 Å². The quantitative estimate of drug-likeness (QED) is 0.770. The number of nitrogens with zero attached hydrogens (tertiary/aromatic N) is 1. The fourth-order valence-electron chi connectivity index (χ4n) is 1.62. The number of hydrogen-bond donors (Lipinski definition) is 0. The molecule has 0 bridgehead atoms. The molecular weight excluding hydrogens is 247 g/mol. The molecule has 0 aliphatic rings. The highest BCUT2D eigenvalue weighted by molar-refractivity contribution is 5.99. The standard InChI is InChI=1S/C12H8F3NO2/c1-7(17)9-6-18-16-11(9)8-4-2-3-5-10(8)12(13,14)15/h2-6H,1H3. The summed E-state index contributed by atoms with van der Waals surface area (Å²) in [6.45, 7) is 1.24. The minimum absolute atomic E-state index is 0.0340. The summed E-state index contributed by atoms with van der Waals surface area (Å²) in [6.07, 6.45) is -3.46. The van der Waals surface area contributed by atoms with Crippen molar-refractivity contribution in [2.24, 2.45) is 0 Å². The Morgan fingerprint density at radius 2 is 1.94 bits per heavy atom. The molecule has 18 heavy (non-hydrogen) atoms. The second-order valence-electron chi connectivity index (χ2n) is 3.68. The first-order valence-corrected chi connectivity index (χ1v) is 5.03. The Morgan fingerprint density at radius 3 is 2.56 bits per heavy atom. The van der Waals surface area contributed by atoms with Crippen LogP contribution in [0.2, 0.25) is 0 Å². The fourth-order valence-corrected chi connectivity index (χ4v) is 1.62. The number of rotatable bonds is 2. The van der Waals surface area contributed by atoms with Gasteiger partial charge in [0.05, 0.1) is 11.1 Å². The molecule has 6 heteroatoms. The molecule has 0 radical (unpaired) electrons. The third-order valence-electron chi connectivity index (χ3n) is 2.44. The maximum atomic E-state index is 12.8. The Bertz CT molecular complexity index is 587. The Balaban J connectivity index is 2.65. The van der Waals surface area contributed by atoms with Crippen LogP contribution in [0.1, 0.15) is 22.8 Å². The number of aromatic nitrogens is 1. The van der Waals surface area contributed by atoms with E-state index in [1.165, 1.54) is 25.1 Å². The number of halogens is 3. The molecule has 0 amide bonds. The normalized spacial score (nSPS) is 11.6. The van der Waals surface area contributed by atoms with E-state index in [-0.39, 0.29) is 16.8 Å². The predicted octanol–water partition coefficient (Wildman–Crippen LogP) is 3.56. The van der Waals surface area contributed by atoms with Gasteiger partial charge in [-0.3, -0.25) is 4.79 Å². The molecule has 0 saturated heterocycles. The smallest absolute Gasteiger partial charge is 0.363 e. The molecule has 94 valence electrons. The van der Waals surface area contributed by atoms with Crippen molar-refractivity contribution in [3.63, 3.8) is 0 Å². The van der Waals surface area contributed by atoms with E-state index in [9.17, 15) is 18.0 Å². The molecule has 0 aliphatic heterocycles. The second-order valence-corrected chi connectivity index (χ2v) is 3.68. The predicted molar refractivity (Wildman–Crippen MR) is 56.9 cm³/mol. The first-order chi connectivity index (χ1) is 8.41. The Kier molecular flexibility index (Phi) is 2.94. The number of benzene rings is 1. The monoisotopic (exact) mass is 255 g/mol. The van der Waals surface area contributed by atoms with Crippen LogP contribution < -0.4 is 0 Å². The maximum absolute atomic E-state index is 12.8. The topological polar surface area (TPSA) is 43.1 Å². The molecular formula is C12H8F3NO2. The molecule has 0 fully saturated rings. The first-order valence-electron chi connectivity index (χ1n) is 5.03. The van der Waals surface area contributed by atoms with Crippen LogP contribution in [0.25, 0.3) is 11.3 Å². The van der Waals surface area contributed by atoms with Gasteiger partial charge in [-0.25, -0.2) is 0 Å². The summed E-state index contributed by atoms with van der Waals surface area (Å²) in [7, 11) is 0. The Hall–Kier alpha value is -2.11.